The second kappa shape index (κ2) is 6.55. The van der Waals surface area contributed by atoms with Crippen LogP contribution in [0.15, 0.2) is 29.2 Å². The molecule has 7 heteroatoms. The van der Waals surface area contributed by atoms with Gasteiger partial charge in [0, 0.05) is 13.1 Å². The van der Waals surface area contributed by atoms with Gasteiger partial charge in [0.1, 0.15) is 6.04 Å². The van der Waals surface area contributed by atoms with Crippen LogP contribution in [-0.2, 0) is 14.8 Å². The van der Waals surface area contributed by atoms with E-state index in [4.69, 9.17) is 5.11 Å². The Labute approximate surface area is 124 Å². The van der Waals surface area contributed by atoms with Crippen molar-refractivity contribution in [1.29, 1.82) is 0 Å². The molecule has 0 aromatic heterocycles. The molecular weight excluding hydrogens is 292 g/mol. The molecule has 1 aromatic rings. The fourth-order valence-corrected chi connectivity index (χ4v) is 4.09. The van der Waals surface area contributed by atoms with E-state index in [2.05, 4.69) is 5.32 Å². The Balaban J connectivity index is 2.22. The average molecular weight is 312 g/mol. The minimum absolute atomic E-state index is 0.133. The van der Waals surface area contributed by atoms with Crippen LogP contribution in [0, 0.1) is 6.92 Å². The second-order valence-electron chi connectivity index (χ2n) is 5.10. The third-order valence-corrected chi connectivity index (χ3v) is 5.47. The first-order valence-corrected chi connectivity index (χ1v) is 8.38. The predicted molar refractivity (Wildman–Crippen MR) is 78.2 cm³/mol. The number of aliphatic hydroxyl groups excluding tert-OH is 1. The maximum Gasteiger partial charge on any atom is 0.243 e. The van der Waals surface area contributed by atoms with Crippen molar-refractivity contribution < 1.29 is 18.3 Å². The number of carbonyl (C=O) groups is 1. The highest BCUT2D eigenvalue weighted by Gasteiger charge is 2.39. The van der Waals surface area contributed by atoms with Gasteiger partial charge in [-0.25, -0.2) is 8.42 Å². The third-order valence-electron chi connectivity index (χ3n) is 3.54. The summed E-state index contributed by atoms with van der Waals surface area (Å²) in [7, 11) is -3.66. The van der Waals surface area contributed by atoms with E-state index in [-0.39, 0.29) is 24.0 Å². The zero-order valence-corrected chi connectivity index (χ0v) is 12.8. The molecule has 0 saturated carbocycles. The fourth-order valence-electron chi connectivity index (χ4n) is 2.43. The van der Waals surface area contributed by atoms with Gasteiger partial charge in [-0.15, -0.1) is 0 Å². The highest BCUT2D eigenvalue weighted by molar-refractivity contribution is 7.89. The monoisotopic (exact) mass is 312 g/mol. The molecule has 1 aromatic carbocycles. The number of sulfonamides is 1. The first-order chi connectivity index (χ1) is 9.96. The standard InChI is InChI=1S/C14H20N2O4S/c1-11-4-6-12(7-5-11)21(19,20)16-9-2-3-13(16)14(18)15-8-10-17/h4-7,13,17H,2-3,8-10H2,1H3,(H,15,18). The Morgan fingerprint density at radius 2 is 2.05 bits per heavy atom. The number of nitrogens with zero attached hydrogens (tertiary/aromatic N) is 1. The Morgan fingerprint density at radius 1 is 1.38 bits per heavy atom. The van der Waals surface area contributed by atoms with Gasteiger partial charge >= 0.3 is 0 Å². The molecule has 2 N–H and O–H groups in total. The van der Waals surface area contributed by atoms with Gasteiger partial charge in [-0.3, -0.25) is 4.79 Å². The highest BCUT2D eigenvalue weighted by atomic mass is 32.2. The highest BCUT2D eigenvalue weighted by Crippen LogP contribution is 2.26. The van der Waals surface area contributed by atoms with Crippen molar-refractivity contribution in [2.24, 2.45) is 0 Å². The Morgan fingerprint density at radius 3 is 2.67 bits per heavy atom. The summed E-state index contributed by atoms with van der Waals surface area (Å²) in [6, 6.07) is 5.91. The minimum atomic E-state index is -3.66. The summed E-state index contributed by atoms with van der Waals surface area (Å²) in [5.74, 6) is -0.350. The number of hydrogen-bond acceptors (Lipinski definition) is 4. The lowest BCUT2D eigenvalue weighted by Crippen LogP contribution is -2.46. The maximum absolute atomic E-state index is 12.6. The van der Waals surface area contributed by atoms with E-state index in [1.54, 1.807) is 24.3 Å². The van der Waals surface area contributed by atoms with Crippen molar-refractivity contribution >= 4 is 15.9 Å². The molecule has 1 saturated heterocycles. The van der Waals surface area contributed by atoms with Gasteiger partial charge in [0.25, 0.3) is 0 Å². The maximum atomic E-state index is 12.6. The van der Waals surface area contributed by atoms with E-state index in [0.29, 0.717) is 19.4 Å². The molecule has 0 bridgehead atoms. The zero-order valence-electron chi connectivity index (χ0n) is 11.9. The van der Waals surface area contributed by atoms with Gasteiger partial charge in [0.15, 0.2) is 0 Å². The first kappa shape index (κ1) is 15.9. The lowest BCUT2D eigenvalue weighted by molar-refractivity contribution is -0.124. The molecule has 116 valence electrons. The molecule has 1 aliphatic heterocycles. The summed E-state index contributed by atoms with van der Waals surface area (Å²) in [5.41, 5.74) is 0.979. The van der Waals surface area contributed by atoms with E-state index in [0.717, 1.165) is 5.56 Å². The van der Waals surface area contributed by atoms with Gasteiger partial charge in [-0.1, -0.05) is 17.7 Å². The largest absolute Gasteiger partial charge is 0.395 e. The van der Waals surface area contributed by atoms with Crippen molar-refractivity contribution in [2.45, 2.75) is 30.7 Å². The normalized spacial score (nSPS) is 19.6. The number of rotatable bonds is 5. The lowest BCUT2D eigenvalue weighted by atomic mass is 10.2. The van der Waals surface area contributed by atoms with Crippen LogP contribution in [0.25, 0.3) is 0 Å². The molecule has 6 nitrogen and oxygen atoms in total. The first-order valence-electron chi connectivity index (χ1n) is 6.94. The summed E-state index contributed by atoms with van der Waals surface area (Å²) in [5, 5.41) is 11.3. The number of aryl methyl sites for hydroxylation is 1. The number of hydrogen-bond donors (Lipinski definition) is 2. The molecule has 1 unspecified atom stereocenters. The molecule has 0 radical (unpaired) electrons. The summed E-state index contributed by atoms with van der Waals surface area (Å²) in [6.07, 6.45) is 1.16. The summed E-state index contributed by atoms with van der Waals surface area (Å²) in [6.45, 7) is 2.20. The summed E-state index contributed by atoms with van der Waals surface area (Å²) >= 11 is 0. The van der Waals surface area contributed by atoms with Crippen LogP contribution in [0.5, 0.6) is 0 Å². The van der Waals surface area contributed by atoms with Crippen LogP contribution in [0.4, 0.5) is 0 Å². The predicted octanol–water partition coefficient (Wildman–Crippen LogP) is 0.257. The molecule has 1 heterocycles. The van der Waals surface area contributed by atoms with Gasteiger partial charge in [0.05, 0.1) is 11.5 Å². The SMILES string of the molecule is Cc1ccc(S(=O)(=O)N2CCCC2C(=O)NCCO)cc1. The Hall–Kier alpha value is -1.44. The molecular formula is C14H20N2O4S. The summed E-state index contributed by atoms with van der Waals surface area (Å²) < 4.78 is 26.5. The fraction of sp³-hybridized carbons (Fsp3) is 0.500. The van der Waals surface area contributed by atoms with Crippen molar-refractivity contribution in [2.75, 3.05) is 19.7 Å². The summed E-state index contributed by atoms with van der Waals surface area (Å²) in [4.78, 5) is 12.2. The van der Waals surface area contributed by atoms with Crippen LogP contribution in [0.3, 0.4) is 0 Å². The number of nitrogens with one attached hydrogen (secondary N) is 1. The Bertz CT molecular complexity index is 598. The average Bonchev–Trinajstić information content (AvgIpc) is 2.95. The lowest BCUT2D eigenvalue weighted by Gasteiger charge is -2.23. The van der Waals surface area contributed by atoms with Crippen molar-refractivity contribution in [3.8, 4) is 0 Å². The zero-order chi connectivity index (χ0) is 15.5. The molecule has 21 heavy (non-hydrogen) atoms. The van der Waals surface area contributed by atoms with Gasteiger partial charge in [-0.2, -0.15) is 4.31 Å². The molecule has 1 atom stereocenters. The number of benzene rings is 1. The number of aliphatic hydroxyl groups is 1. The van der Waals surface area contributed by atoms with E-state index in [1.165, 1.54) is 4.31 Å². The van der Waals surface area contributed by atoms with Crippen molar-refractivity contribution in [1.82, 2.24) is 9.62 Å². The van der Waals surface area contributed by atoms with E-state index >= 15 is 0 Å². The van der Waals surface area contributed by atoms with Crippen LogP contribution >= 0.6 is 0 Å². The number of carbonyl (C=O) groups excluding carboxylic acids is 1. The van der Waals surface area contributed by atoms with E-state index in [1.807, 2.05) is 6.92 Å². The molecule has 1 aliphatic rings. The quantitative estimate of drug-likeness (QED) is 0.816. The van der Waals surface area contributed by atoms with Crippen molar-refractivity contribution in [3.63, 3.8) is 0 Å². The second-order valence-corrected chi connectivity index (χ2v) is 6.99. The smallest absolute Gasteiger partial charge is 0.243 e. The molecule has 2 rings (SSSR count). The van der Waals surface area contributed by atoms with Gasteiger partial charge in [0.2, 0.25) is 15.9 Å². The third kappa shape index (κ3) is 3.42. The van der Waals surface area contributed by atoms with Crippen LogP contribution in [-0.4, -0.2) is 49.5 Å². The molecule has 0 aliphatic carbocycles. The number of amides is 1. The van der Waals surface area contributed by atoms with Gasteiger partial charge in [-0.05, 0) is 31.9 Å². The van der Waals surface area contributed by atoms with Crippen LogP contribution in [0.1, 0.15) is 18.4 Å². The minimum Gasteiger partial charge on any atom is -0.395 e. The van der Waals surface area contributed by atoms with Crippen molar-refractivity contribution in [3.05, 3.63) is 29.8 Å². The van der Waals surface area contributed by atoms with Crippen LogP contribution < -0.4 is 5.32 Å². The molecule has 0 spiro atoms. The van der Waals surface area contributed by atoms with Gasteiger partial charge < -0.3 is 10.4 Å². The molecule has 1 fully saturated rings. The molecule has 1 amide bonds. The Kier molecular flexibility index (Phi) is 4.97. The van der Waals surface area contributed by atoms with Crippen LogP contribution in [0.2, 0.25) is 0 Å². The van der Waals surface area contributed by atoms with E-state index < -0.39 is 16.1 Å². The topological polar surface area (TPSA) is 86.7 Å². The van der Waals surface area contributed by atoms with E-state index in [9.17, 15) is 13.2 Å².